The third-order valence-corrected chi connectivity index (χ3v) is 7.28. The molecular formula is C31H32ClN3O4. The minimum absolute atomic E-state index is 0.0100. The summed E-state index contributed by atoms with van der Waals surface area (Å²) in [7, 11) is 1.76. The van der Waals surface area contributed by atoms with Gasteiger partial charge >= 0.3 is 12.0 Å². The number of rotatable bonds is 10. The van der Waals surface area contributed by atoms with Gasteiger partial charge in [0.1, 0.15) is 0 Å². The summed E-state index contributed by atoms with van der Waals surface area (Å²) < 4.78 is 0. The molecule has 0 saturated heterocycles. The van der Waals surface area contributed by atoms with Crippen molar-refractivity contribution in [3.8, 4) is 0 Å². The van der Waals surface area contributed by atoms with Crippen LogP contribution in [0.3, 0.4) is 0 Å². The van der Waals surface area contributed by atoms with Gasteiger partial charge in [0.25, 0.3) is 0 Å². The third kappa shape index (κ3) is 6.67. The summed E-state index contributed by atoms with van der Waals surface area (Å²) in [6, 6.07) is 25.6. The quantitative estimate of drug-likeness (QED) is 0.335. The van der Waals surface area contributed by atoms with Gasteiger partial charge in [-0.25, -0.2) is 9.59 Å². The molecule has 39 heavy (non-hydrogen) atoms. The van der Waals surface area contributed by atoms with Crippen LogP contribution >= 0.6 is 11.6 Å². The smallest absolute Gasteiger partial charge is 0.335 e. The first kappa shape index (κ1) is 27.9. The maximum absolute atomic E-state index is 13.3. The van der Waals surface area contributed by atoms with Crippen molar-refractivity contribution in [2.45, 2.75) is 31.7 Å². The number of carbonyl (C=O) groups is 3. The number of aliphatic carboxylic acids is 1. The Bertz CT molecular complexity index is 1320. The van der Waals surface area contributed by atoms with Gasteiger partial charge in [0.05, 0.1) is 11.6 Å². The molecule has 0 spiro atoms. The molecule has 0 saturated carbocycles. The minimum atomic E-state index is -1.11. The minimum Gasteiger partial charge on any atom is -0.478 e. The van der Waals surface area contributed by atoms with Gasteiger partial charge in [-0.2, -0.15) is 0 Å². The Kier molecular flexibility index (Phi) is 9.04. The van der Waals surface area contributed by atoms with E-state index in [-0.39, 0.29) is 30.0 Å². The Balaban J connectivity index is 1.46. The number of urea groups is 1. The van der Waals surface area contributed by atoms with Crippen LogP contribution in [0.2, 0.25) is 5.02 Å². The highest BCUT2D eigenvalue weighted by molar-refractivity contribution is 6.30. The Morgan fingerprint density at radius 3 is 2.18 bits per heavy atom. The molecule has 1 aliphatic heterocycles. The monoisotopic (exact) mass is 545 g/mol. The molecule has 202 valence electrons. The van der Waals surface area contributed by atoms with Crippen molar-refractivity contribution < 1.29 is 19.5 Å². The predicted octanol–water partition coefficient (Wildman–Crippen LogP) is 5.84. The van der Waals surface area contributed by atoms with Crippen molar-refractivity contribution in [3.63, 3.8) is 0 Å². The van der Waals surface area contributed by atoms with E-state index >= 15 is 0 Å². The number of nitrogens with one attached hydrogen (secondary N) is 1. The first-order chi connectivity index (χ1) is 18.8. The lowest BCUT2D eigenvalue weighted by atomic mass is 9.88. The molecule has 0 radical (unpaired) electrons. The van der Waals surface area contributed by atoms with Crippen LogP contribution in [0, 0.1) is 0 Å². The molecule has 7 nitrogen and oxygen atoms in total. The molecule has 3 aromatic carbocycles. The molecule has 8 heteroatoms. The molecule has 0 bridgehead atoms. The van der Waals surface area contributed by atoms with Crippen molar-refractivity contribution in [2.24, 2.45) is 0 Å². The fraction of sp³-hybridized carbons (Fsp3) is 0.258. The standard InChI is InChI=1S/C31H32ClN3O4/c1-21-28(30(37)38)29(24-15-9-16-25(32)19-24)35(31(39)33-21)18-10-17-34(2)27(36)20-26(22-11-5-3-6-12-22)23-13-7-4-8-14-23/h3-9,11-16,19,26,29H,10,17-18,20H2,1-2H3,(H,33,39)(H,37,38). The highest BCUT2D eigenvalue weighted by Gasteiger charge is 2.37. The number of halogens is 1. The first-order valence-corrected chi connectivity index (χ1v) is 13.2. The lowest BCUT2D eigenvalue weighted by Gasteiger charge is -2.37. The number of carboxylic acids is 1. The zero-order valence-corrected chi connectivity index (χ0v) is 22.8. The van der Waals surface area contributed by atoms with Gasteiger partial charge in [-0.15, -0.1) is 0 Å². The summed E-state index contributed by atoms with van der Waals surface area (Å²) in [5.41, 5.74) is 3.15. The van der Waals surface area contributed by atoms with Crippen LogP contribution in [0.5, 0.6) is 0 Å². The fourth-order valence-electron chi connectivity index (χ4n) is 5.04. The second-order valence-corrected chi connectivity index (χ2v) is 10.1. The van der Waals surface area contributed by atoms with Gasteiger partial charge in [-0.3, -0.25) is 4.79 Å². The summed E-state index contributed by atoms with van der Waals surface area (Å²) in [6.45, 7) is 2.25. The summed E-state index contributed by atoms with van der Waals surface area (Å²) in [4.78, 5) is 41.6. The average Bonchev–Trinajstić information content (AvgIpc) is 2.93. The van der Waals surface area contributed by atoms with E-state index in [1.54, 1.807) is 43.1 Å². The molecule has 0 aliphatic carbocycles. The van der Waals surface area contributed by atoms with Crippen LogP contribution < -0.4 is 5.32 Å². The average molecular weight is 546 g/mol. The van der Waals surface area contributed by atoms with E-state index in [9.17, 15) is 19.5 Å². The third-order valence-electron chi connectivity index (χ3n) is 7.04. The molecule has 1 aliphatic rings. The number of benzene rings is 3. The van der Waals surface area contributed by atoms with Gasteiger partial charge in [0.15, 0.2) is 0 Å². The van der Waals surface area contributed by atoms with Crippen LogP contribution in [0.4, 0.5) is 4.79 Å². The number of allylic oxidation sites excluding steroid dienone is 1. The summed E-state index contributed by atoms with van der Waals surface area (Å²) in [6.07, 6.45) is 0.783. The summed E-state index contributed by atoms with van der Waals surface area (Å²) in [5.74, 6) is -1.19. The molecule has 3 aromatic rings. The molecule has 2 N–H and O–H groups in total. The molecule has 0 fully saturated rings. The van der Waals surface area contributed by atoms with Crippen LogP contribution in [-0.2, 0) is 9.59 Å². The van der Waals surface area contributed by atoms with E-state index in [1.165, 1.54) is 4.90 Å². The zero-order chi connectivity index (χ0) is 27.9. The van der Waals surface area contributed by atoms with E-state index in [0.717, 1.165) is 11.1 Å². The molecule has 3 amide bonds. The molecule has 4 rings (SSSR count). The number of nitrogens with zero attached hydrogens (tertiary/aromatic N) is 2. The number of carbonyl (C=O) groups excluding carboxylic acids is 2. The largest absolute Gasteiger partial charge is 0.478 e. The Morgan fingerprint density at radius 1 is 1.00 bits per heavy atom. The predicted molar refractivity (Wildman–Crippen MR) is 151 cm³/mol. The van der Waals surface area contributed by atoms with Crippen molar-refractivity contribution >= 4 is 29.5 Å². The maximum Gasteiger partial charge on any atom is 0.335 e. The van der Waals surface area contributed by atoms with Gasteiger partial charge in [-0.05, 0) is 42.2 Å². The van der Waals surface area contributed by atoms with E-state index in [0.29, 0.717) is 35.7 Å². The Morgan fingerprint density at radius 2 is 1.62 bits per heavy atom. The molecule has 1 heterocycles. The fourth-order valence-corrected chi connectivity index (χ4v) is 5.24. The highest BCUT2D eigenvalue weighted by atomic mass is 35.5. The lowest BCUT2D eigenvalue weighted by Crippen LogP contribution is -2.49. The van der Waals surface area contributed by atoms with E-state index in [1.807, 2.05) is 60.7 Å². The topological polar surface area (TPSA) is 90.0 Å². The van der Waals surface area contributed by atoms with Crippen LogP contribution in [0.25, 0.3) is 0 Å². The van der Waals surface area contributed by atoms with Gasteiger partial charge in [0, 0.05) is 43.2 Å². The van der Waals surface area contributed by atoms with Gasteiger partial charge in [0.2, 0.25) is 5.91 Å². The number of hydrogen-bond donors (Lipinski definition) is 2. The Labute approximate surface area is 233 Å². The van der Waals surface area contributed by atoms with Crippen LogP contribution in [-0.4, -0.2) is 53.0 Å². The Hall–Kier alpha value is -4.10. The van der Waals surface area contributed by atoms with E-state index in [4.69, 9.17) is 11.6 Å². The van der Waals surface area contributed by atoms with E-state index in [2.05, 4.69) is 5.32 Å². The molecule has 1 atom stereocenters. The number of carboxylic acid groups (broad SMARTS) is 1. The molecule has 0 aromatic heterocycles. The molecular weight excluding hydrogens is 514 g/mol. The van der Waals surface area contributed by atoms with Crippen LogP contribution in [0.15, 0.2) is 96.2 Å². The van der Waals surface area contributed by atoms with E-state index < -0.39 is 12.0 Å². The number of hydrogen-bond acceptors (Lipinski definition) is 3. The second-order valence-electron chi connectivity index (χ2n) is 9.67. The second kappa shape index (κ2) is 12.6. The van der Waals surface area contributed by atoms with Crippen molar-refractivity contribution in [2.75, 3.05) is 20.1 Å². The summed E-state index contributed by atoms with van der Waals surface area (Å²) in [5, 5.41) is 13.1. The van der Waals surface area contributed by atoms with Crippen LogP contribution in [0.1, 0.15) is 48.4 Å². The zero-order valence-electron chi connectivity index (χ0n) is 22.0. The van der Waals surface area contributed by atoms with Crippen molar-refractivity contribution in [3.05, 3.63) is 118 Å². The SMILES string of the molecule is CC1=C(C(=O)O)C(c2cccc(Cl)c2)N(CCCN(C)C(=O)CC(c2ccccc2)c2ccccc2)C(=O)N1. The lowest BCUT2D eigenvalue weighted by molar-refractivity contribution is -0.133. The normalized spacial score (nSPS) is 15.3. The van der Waals surface area contributed by atoms with Gasteiger partial charge < -0.3 is 20.2 Å². The maximum atomic E-state index is 13.3. The first-order valence-electron chi connectivity index (χ1n) is 12.9. The highest BCUT2D eigenvalue weighted by Crippen LogP contribution is 2.35. The van der Waals surface area contributed by atoms with Crippen molar-refractivity contribution in [1.29, 1.82) is 0 Å². The summed E-state index contributed by atoms with van der Waals surface area (Å²) >= 11 is 6.20. The van der Waals surface area contributed by atoms with Crippen molar-refractivity contribution in [1.82, 2.24) is 15.1 Å². The molecule has 1 unspecified atom stereocenters. The van der Waals surface area contributed by atoms with Gasteiger partial charge in [-0.1, -0.05) is 84.4 Å². The number of amides is 3.